The maximum Gasteiger partial charge on any atom is 0.425 e. The number of Topliss-reactive ketones (excluding diaryl/α,β-unsaturated/α-hetero) is 2. The average Bonchev–Trinajstić information content (AvgIpc) is 1.68. The quantitative estimate of drug-likeness (QED) is 0.0169. The number of carbonyl (C=O) groups is 10. The van der Waals surface area contributed by atoms with Crippen LogP contribution in [0.3, 0.4) is 0 Å². The number of carbonyl (C=O) groups excluding carboxylic acids is 10. The molecule has 1 heterocycles. The summed E-state index contributed by atoms with van der Waals surface area (Å²) in [5.41, 5.74) is 2.06. The minimum Gasteiger partial charge on any atom is -0.376 e. The van der Waals surface area contributed by atoms with E-state index < -0.39 is 28.7 Å². The summed E-state index contributed by atoms with van der Waals surface area (Å²) in [6, 6.07) is 14.1. The first-order valence-corrected chi connectivity index (χ1v) is 57.0. The molecule has 28 nitrogen and oxygen atoms in total. The van der Waals surface area contributed by atoms with Gasteiger partial charge in [0.25, 0.3) is 19.3 Å². The zero-order valence-corrected chi connectivity index (χ0v) is 93.7. The molecule has 0 spiro atoms. The van der Waals surface area contributed by atoms with Crippen molar-refractivity contribution < 1.29 is 87.4 Å². The highest BCUT2D eigenvalue weighted by molar-refractivity contribution is 8.01. The maximum absolute atomic E-state index is 12.4. The van der Waals surface area contributed by atoms with Crippen LogP contribution in [0.2, 0.25) is 0 Å². The fourth-order valence-electron chi connectivity index (χ4n) is 12.0. The second-order valence-electron chi connectivity index (χ2n) is 37.8. The molecule has 3 atom stereocenters. The number of thioether (sulfide) groups is 5. The van der Waals surface area contributed by atoms with Crippen molar-refractivity contribution in [1.82, 2.24) is 36.6 Å². The molecule has 778 valence electrons. The van der Waals surface area contributed by atoms with Crippen molar-refractivity contribution in [2.75, 3.05) is 73.7 Å². The van der Waals surface area contributed by atoms with Crippen molar-refractivity contribution >= 4 is 158 Å². The topological polar surface area (TPSA) is 419 Å². The number of ketones is 2. The second-order valence-corrected chi connectivity index (χ2v) is 50.0. The molecule has 1 aliphatic carbocycles. The predicted octanol–water partition coefficient (Wildman–Crippen LogP) is 19.8. The molecule has 0 bridgehead atoms. The summed E-state index contributed by atoms with van der Waals surface area (Å²) in [5.74, 6) is 7.01. The number of nitrogens with one attached hydrogen (secondary N) is 8. The highest BCUT2D eigenvalue weighted by atomic mass is 32.2. The molecule has 1 saturated heterocycles. The average molecular weight is 2040 g/mol. The number of benzene rings is 2. The van der Waals surface area contributed by atoms with Crippen LogP contribution < -0.4 is 42.3 Å². The third-order valence-electron chi connectivity index (χ3n) is 19.0. The van der Waals surface area contributed by atoms with E-state index in [1.165, 1.54) is 11.3 Å². The molecule has 0 aromatic heterocycles. The fourth-order valence-corrected chi connectivity index (χ4v) is 17.5. The van der Waals surface area contributed by atoms with Crippen molar-refractivity contribution in [3.05, 3.63) is 59.7 Å². The molecular weight excluding hydrogens is 1860 g/mol. The van der Waals surface area contributed by atoms with Crippen LogP contribution in [-0.4, -0.2) is 218 Å². The van der Waals surface area contributed by atoms with E-state index in [-0.39, 0.29) is 95.1 Å². The molecule has 2 aromatic carbocycles. The summed E-state index contributed by atoms with van der Waals surface area (Å²) in [4.78, 5) is 128. The van der Waals surface area contributed by atoms with E-state index in [0.717, 1.165) is 132 Å². The van der Waals surface area contributed by atoms with Crippen molar-refractivity contribution in [3.8, 4) is 0 Å². The Morgan fingerprint density at radius 2 is 0.828 bits per heavy atom. The van der Waals surface area contributed by atoms with Crippen LogP contribution in [0.5, 0.6) is 0 Å². The van der Waals surface area contributed by atoms with Gasteiger partial charge in [-0.25, -0.2) is 5.09 Å². The summed E-state index contributed by atoms with van der Waals surface area (Å²) in [5, 5.41) is 26.5. The Hall–Kier alpha value is -5.20. The Morgan fingerprint density at radius 3 is 1.19 bits per heavy atom. The lowest BCUT2D eigenvalue weighted by molar-refractivity contribution is -0.139. The molecule has 134 heavy (non-hydrogen) atoms. The zero-order valence-electron chi connectivity index (χ0n) is 87.1. The number of ether oxygens (including phenoxy) is 1. The lowest BCUT2D eigenvalue weighted by Crippen LogP contribution is -2.38. The van der Waals surface area contributed by atoms with Gasteiger partial charge < -0.3 is 46.8 Å². The normalized spacial score (nSPS) is 14.6. The van der Waals surface area contributed by atoms with Gasteiger partial charge in [0, 0.05) is 142 Å². The fraction of sp³-hybridized carbons (Fsp3) is 0.776. The van der Waals surface area contributed by atoms with Crippen molar-refractivity contribution in [3.63, 3.8) is 0 Å². The largest absolute Gasteiger partial charge is 0.425 e. The SMILES string of the molecule is CC(C)CC(=O)Nc1ccc(C(=O)NCCNP(=O)(O)C(C)C)cc1.CC(C)CCCNC(=O)CCCSC(C)C.CC(C)CCCNC(=O)c1ccc(NC(=O)CC(C)C)cc1.CC(C)NCCNC(=O)CCCSC(C)C.CC(C)OC1CCC(CN2C(=O)CC(SC(C)C)C2=O)CC1.CC(C)SC(C)CCC(=O)C(C)C.CC(C)SCCCC(=O)C(C)C.O=S(=O)=O.O=S(=O)=O. The number of rotatable bonds is 53. The van der Waals surface area contributed by atoms with E-state index in [9.17, 15) is 57.4 Å². The van der Waals surface area contributed by atoms with Gasteiger partial charge in [-0.15, -0.1) is 37.0 Å². The van der Waals surface area contributed by atoms with Crippen LogP contribution in [-0.2, 0) is 68.9 Å². The van der Waals surface area contributed by atoms with E-state index in [0.29, 0.717) is 135 Å². The van der Waals surface area contributed by atoms with Crippen molar-refractivity contribution in [2.24, 2.45) is 41.4 Å². The van der Waals surface area contributed by atoms with Gasteiger partial charge in [0.1, 0.15) is 11.6 Å². The number of nitrogens with zero attached hydrogens (tertiary/aromatic N) is 1. The molecule has 8 amide bonds. The van der Waals surface area contributed by atoms with Gasteiger partial charge in [-0.2, -0.15) is 47.0 Å². The molecule has 9 N–H and O–H groups in total. The van der Waals surface area contributed by atoms with E-state index in [4.69, 9.17) is 30.0 Å². The summed E-state index contributed by atoms with van der Waals surface area (Å²) in [7, 11) is -9.59. The van der Waals surface area contributed by atoms with Gasteiger partial charge >= 0.3 is 21.2 Å². The van der Waals surface area contributed by atoms with Crippen LogP contribution in [0.4, 0.5) is 11.4 Å². The minimum atomic E-state index is -3.37. The van der Waals surface area contributed by atoms with Crippen LogP contribution in [0, 0.1) is 41.4 Å². The lowest BCUT2D eigenvalue weighted by atomic mass is 9.87. The standard InChI is InChI=1S/C18H28N2O2.C17H28N3O4P.C17H29NO3S.C13H27NOS.C12H26N2OS.C11H22OS.C10H20OS.2O3S/c1-13(2)6-5-11-19-18(22)15-7-9-16(10-8-15)20-17(21)12-14(3)4;1-12(2)11-16(21)20-15-7-5-14(6-8-15)17(22)18-9-10-19-25(23,24)13(3)4;1-11(2)21-14-7-5-13(6-8-14)10-18-16(19)9-15(17(18)20)22-12(3)4;1-11(2)7-5-9-14-13(15)8-6-10-16-12(3)4;1-10(2)13-7-8-14-12(15)6-5-9-16-11(3)4;1-8(2)11(12)7-6-10(5)13-9(3)4;1-8(2)10(11)6-5-7-12-9(3)4;2*1-4(2)3/h7-10,13-14H,5-6,11-12H2,1-4H3,(H,19,22)(H,20,21);5-8,12-13H,9-11H2,1-4H3,(H,18,22)(H,20,21)(H2,19,23,24);11-15H,5-10H2,1-4H3;11-12H,5-10H2,1-4H3,(H,14,15);10-11,13H,5-9H2,1-4H3,(H,14,15);8-10H,6-7H2,1-5H3;8-9H,5-7H2,1-4H3;;. The minimum absolute atomic E-state index is 0.000821. The van der Waals surface area contributed by atoms with Gasteiger partial charge in [-0.05, 0) is 213 Å². The highest BCUT2D eigenvalue weighted by Crippen LogP contribution is 2.40. The molecule has 3 unspecified atom stereocenters. The van der Waals surface area contributed by atoms with Crippen LogP contribution in [0.25, 0.3) is 0 Å². The third-order valence-corrected chi connectivity index (χ3v) is 27.1. The van der Waals surface area contributed by atoms with E-state index in [1.807, 2.05) is 102 Å². The van der Waals surface area contributed by atoms with Crippen LogP contribution >= 0.6 is 66.3 Å². The molecule has 0 radical (unpaired) electrons. The number of amides is 8. The van der Waals surface area contributed by atoms with Gasteiger partial charge in [0.15, 0.2) is 0 Å². The van der Waals surface area contributed by atoms with Gasteiger partial charge in [-0.3, -0.25) is 57.4 Å². The van der Waals surface area contributed by atoms with Crippen LogP contribution in [0.1, 0.15) is 343 Å². The van der Waals surface area contributed by atoms with Gasteiger partial charge in [0.2, 0.25) is 35.4 Å². The first-order valence-electron chi connectivity index (χ1n) is 48.3. The first kappa shape index (κ1) is 137. The van der Waals surface area contributed by atoms with Gasteiger partial charge in [0.05, 0.1) is 17.5 Å². The number of hydrogen-bond acceptors (Lipinski definition) is 24. The Morgan fingerprint density at radius 1 is 0.448 bits per heavy atom. The lowest BCUT2D eigenvalue weighted by Gasteiger charge is -2.31. The monoisotopic (exact) mass is 2040 g/mol. The predicted molar refractivity (Wildman–Crippen MR) is 565 cm³/mol. The smallest absolute Gasteiger partial charge is 0.376 e. The zero-order chi connectivity index (χ0) is 104. The van der Waals surface area contributed by atoms with E-state index in [1.54, 1.807) is 74.1 Å². The number of hydrogen-bond donors (Lipinski definition) is 9. The van der Waals surface area contributed by atoms with Crippen molar-refractivity contribution in [2.45, 2.75) is 383 Å². The molecule has 2 aliphatic rings. The van der Waals surface area contributed by atoms with E-state index >= 15 is 0 Å². The Bertz CT molecular complexity index is 3680. The molecule has 2 fully saturated rings. The highest BCUT2D eigenvalue weighted by Gasteiger charge is 2.41. The Labute approximate surface area is 834 Å². The van der Waals surface area contributed by atoms with E-state index in [2.05, 4.69) is 174 Å². The molecular formula is C98H180N9O19PS7. The second kappa shape index (κ2) is 83.6. The Balaban J connectivity index is -0.000000482. The summed E-state index contributed by atoms with van der Waals surface area (Å²) < 4.78 is 68.2. The molecule has 4 rings (SSSR count). The number of anilines is 2. The molecule has 36 heteroatoms. The molecule has 1 aliphatic heterocycles. The summed E-state index contributed by atoms with van der Waals surface area (Å²) in [6.45, 7) is 64.3. The summed E-state index contributed by atoms with van der Waals surface area (Å²) in [6.07, 6.45) is 17.4. The van der Waals surface area contributed by atoms with Crippen LogP contribution in [0.15, 0.2) is 48.5 Å². The van der Waals surface area contributed by atoms with Gasteiger partial charge in [-0.1, -0.05) is 187 Å². The Kier molecular flexibility index (Phi) is 85.6. The number of likely N-dealkylation sites (tertiary alicyclic amines) is 1. The summed E-state index contributed by atoms with van der Waals surface area (Å²) >= 11 is 9.34. The number of imide groups is 1. The van der Waals surface area contributed by atoms with Crippen molar-refractivity contribution in [1.29, 1.82) is 0 Å². The maximum atomic E-state index is 12.4. The molecule has 1 saturated carbocycles. The third kappa shape index (κ3) is 89.4. The molecule has 2 aromatic rings. The first-order chi connectivity index (χ1) is 62.3.